The number of amides is 1. The summed E-state index contributed by atoms with van der Waals surface area (Å²) in [6.45, 7) is 9.10. The number of aromatic nitrogens is 1. The van der Waals surface area contributed by atoms with Crippen LogP contribution >= 0.6 is 0 Å². The van der Waals surface area contributed by atoms with Crippen LogP contribution in [-0.4, -0.2) is 59.1 Å². The highest BCUT2D eigenvalue weighted by Crippen LogP contribution is 2.31. The van der Waals surface area contributed by atoms with Crippen LogP contribution < -0.4 is 0 Å². The number of morpholine rings is 1. The zero-order valence-corrected chi connectivity index (χ0v) is 13.2. The molecule has 1 amide bonds. The fourth-order valence-corrected chi connectivity index (χ4v) is 3.43. The third-order valence-corrected chi connectivity index (χ3v) is 5.29. The van der Waals surface area contributed by atoms with Crippen molar-refractivity contribution in [1.82, 2.24) is 14.8 Å². The Morgan fingerprint density at radius 3 is 2.77 bits per heavy atom. The molecule has 3 aliphatic rings. The van der Waals surface area contributed by atoms with Crippen molar-refractivity contribution in [2.45, 2.75) is 32.5 Å². The summed E-state index contributed by atoms with van der Waals surface area (Å²) in [6.07, 6.45) is 0.279. The van der Waals surface area contributed by atoms with E-state index in [1.54, 1.807) is 0 Å². The Morgan fingerprint density at radius 1 is 1.36 bits per heavy atom. The molecule has 4 rings (SSSR count). The Bertz CT molecular complexity index is 583. The van der Waals surface area contributed by atoms with Gasteiger partial charge in [-0.05, 0) is 24.0 Å². The summed E-state index contributed by atoms with van der Waals surface area (Å²) in [5.41, 5.74) is 1.57. The van der Waals surface area contributed by atoms with Crippen molar-refractivity contribution < 1.29 is 9.53 Å². The lowest BCUT2D eigenvalue weighted by Gasteiger charge is -2.54. The second kappa shape index (κ2) is 5.32. The predicted octanol–water partition coefficient (Wildman–Crippen LogP) is 1.39. The molecule has 0 saturated carbocycles. The maximum Gasteiger partial charge on any atom is 0.272 e. The topological polar surface area (TPSA) is 45.7 Å². The van der Waals surface area contributed by atoms with Crippen LogP contribution in [0.3, 0.4) is 0 Å². The monoisotopic (exact) mass is 301 g/mol. The lowest BCUT2D eigenvalue weighted by molar-refractivity contribution is -0.195. The van der Waals surface area contributed by atoms with E-state index in [0.717, 1.165) is 43.7 Å². The van der Waals surface area contributed by atoms with E-state index in [-0.39, 0.29) is 12.0 Å². The highest BCUT2D eigenvalue weighted by Gasteiger charge is 2.49. The van der Waals surface area contributed by atoms with E-state index in [2.05, 4.69) is 23.7 Å². The average Bonchev–Trinajstić information content (AvgIpc) is 2.44. The molecular formula is C17H23N3O2. The molecule has 5 nitrogen and oxygen atoms in total. The normalized spacial score (nSPS) is 27.9. The van der Waals surface area contributed by atoms with Crippen molar-refractivity contribution in [2.24, 2.45) is 11.8 Å². The minimum Gasteiger partial charge on any atom is -0.372 e. The molecule has 0 spiro atoms. The molecule has 0 N–H and O–H groups in total. The van der Waals surface area contributed by atoms with E-state index >= 15 is 0 Å². The summed E-state index contributed by atoms with van der Waals surface area (Å²) >= 11 is 0. The standard InChI is InChI=1S/C17H23N3O2/c1-11(2)12-6-19(7-12)8-13-4-3-5-14(18-13)17(21)20-9-16-15(20)10-22-16/h3-5,11-12,15-16H,6-10H2,1-2H3. The van der Waals surface area contributed by atoms with Crippen LogP contribution in [0.25, 0.3) is 0 Å². The minimum atomic E-state index is 0.0510. The van der Waals surface area contributed by atoms with Crippen LogP contribution in [0.5, 0.6) is 0 Å². The number of nitrogens with zero attached hydrogens (tertiary/aromatic N) is 3. The first-order valence-electron chi connectivity index (χ1n) is 8.22. The van der Waals surface area contributed by atoms with Crippen molar-refractivity contribution in [3.8, 4) is 0 Å². The maximum atomic E-state index is 12.5. The molecule has 118 valence electrons. The van der Waals surface area contributed by atoms with Crippen molar-refractivity contribution in [2.75, 3.05) is 26.2 Å². The van der Waals surface area contributed by atoms with E-state index in [4.69, 9.17) is 4.74 Å². The molecule has 4 heterocycles. The van der Waals surface area contributed by atoms with Crippen LogP contribution in [0.2, 0.25) is 0 Å². The summed E-state index contributed by atoms with van der Waals surface area (Å²) < 4.78 is 5.35. The molecular weight excluding hydrogens is 278 g/mol. The number of carbonyl (C=O) groups excluding carboxylic acids is 1. The fraction of sp³-hybridized carbons (Fsp3) is 0.647. The van der Waals surface area contributed by atoms with Crippen molar-refractivity contribution in [1.29, 1.82) is 0 Å². The molecule has 1 aromatic rings. The molecule has 1 aromatic heterocycles. The van der Waals surface area contributed by atoms with Gasteiger partial charge in [-0.1, -0.05) is 19.9 Å². The van der Waals surface area contributed by atoms with Crippen molar-refractivity contribution in [3.05, 3.63) is 29.6 Å². The molecule has 22 heavy (non-hydrogen) atoms. The van der Waals surface area contributed by atoms with E-state index < -0.39 is 0 Å². The molecule has 0 radical (unpaired) electrons. The third-order valence-electron chi connectivity index (χ3n) is 5.29. The second-order valence-corrected chi connectivity index (χ2v) is 7.11. The summed E-state index contributed by atoms with van der Waals surface area (Å²) in [7, 11) is 0. The predicted molar refractivity (Wildman–Crippen MR) is 82.4 cm³/mol. The molecule has 0 bridgehead atoms. The molecule has 5 heteroatoms. The Kier molecular flexibility index (Phi) is 3.42. The molecule has 2 unspecified atom stereocenters. The molecule has 0 aromatic carbocycles. The van der Waals surface area contributed by atoms with E-state index in [1.807, 2.05) is 23.1 Å². The van der Waals surface area contributed by atoms with Crippen LogP contribution in [-0.2, 0) is 11.3 Å². The molecule has 3 saturated heterocycles. The van der Waals surface area contributed by atoms with Gasteiger partial charge in [0.15, 0.2) is 0 Å². The van der Waals surface area contributed by atoms with Crippen LogP contribution in [0.4, 0.5) is 0 Å². The quantitative estimate of drug-likeness (QED) is 0.843. The van der Waals surface area contributed by atoms with Gasteiger partial charge in [0.1, 0.15) is 5.69 Å². The minimum absolute atomic E-state index is 0.0510. The van der Waals surface area contributed by atoms with Gasteiger partial charge in [0.25, 0.3) is 5.91 Å². The number of hydrogen-bond donors (Lipinski definition) is 0. The van der Waals surface area contributed by atoms with E-state index in [9.17, 15) is 4.79 Å². The number of hydrogen-bond acceptors (Lipinski definition) is 4. The van der Waals surface area contributed by atoms with Gasteiger partial charge in [0.2, 0.25) is 0 Å². The first-order valence-corrected chi connectivity index (χ1v) is 8.22. The average molecular weight is 301 g/mol. The lowest BCUT2D eigenvalue weighted by atomic mass is 9.88. The van der Waals surface area contributed by atoms with Gasteiger partial charge >= 0.3 is 0 Å². The Labute approximate surface area is 131 Å². The van der Waals surface area contributed by atoms with Crippen LogP contribution in [0, 0.1) is 11.8 Å². The van der Waals surface area contributed by atoms with Gasteiger partial charge in [-0.2, -0.15) is 0 Å². The lowest BCUT2D eigenvalue weighted by Crippen LogP contribution is -2.71. The van der Waals surface area contributed by atoms with Gasteiger partial charge in [-0.3, -0.25) is 9.69 Å². The Balaban J connectivity index is 1.37. The summed E-state index contributed by atoms with van der Waals surface area (Å²) in [6, 6.07) is 6.08. The van der Waals surface area contributed by atoms with E-state index in [0.29, 0.717) is 18.3 Å². The number of pyridine rings is 1. The van der Waals surface area contributed by atoms with Crippen LogP contribution in [0.15, 0.2) is 18.2 Å². The first kappa shape index (κ1) is 14.2. The van der Waals surface area contributed by atoms with Gasteiger partial charge in [0, 0.05) is 26.2 Å². The van der Waals surface area contributed by atoms with Gasteiger partial charge in [0.05, 0.1) is 24.4 Å². The molecule has 0 aliphatic carbocycles. The van der Waals surface area contributed by atoms with Crippen molar-refractivity contribution in [3.63, 3.8) is 0 Å². The highest BCUT2D eigenvalue weighted by atomic mass is 16.5. The summed E-state index contributed by atoms with van der Waals surface area (Å²) in [4.78, 5) is 21.3. The number of rotatable bonds is 4. The number of likely N-dealkylation sites (tertiary alicyclic amines) is 2. The Hall–Kier alpha value is -1.46. The zero-order chi connectivity index (χ0) is 15.3. The summed E-state index contributed by atoms with van der Waals surface area (Å²) in [5.74, 6) is 1.61. The SMILES string of the molecule is CC(C)C1CN(Cc2cccc(C(=O)N3CC4OCC43)n2)C1. The highest BCUT2D eigenvalue weighted by molar-refractivity contribution is 5.93. The number of carbonyl (C=O) groups is 1. The maximum absolute atomic E-state index is 12.5. The number of fused-ring (bicyclic) bond motifs is 1. The summed E-state index contributed by atoms with van der Waals surface area (Å²) in [5, 5.41) is 0. The third kappa shape index (κ3) is 2.32. The van der Waals surface area contributed by atoms with E-state index in [1.165, 1.54) is 0 Å². The van der Waals surface area contributed by atoms with Gasteiger partial charge in [-0.15, -0.1) is 0 Å². The van der Waals surface area contributed by atoms with Crippen molar-refractivity contribution >= 4 is 5.91 Å². The first-order chi connectivity index (χ1) is 10.6. The largest absolute Gasteiger partial charge is 0.372 e. The Morgan fingerprint density at radius 2 is 2.18 bits per heavy atom. The fourth-order valence-electron chi connectivity index (χ4n) is 3.43. The number of ether oxygens (including phenoxy) is 1. The second-order valence-electron chi connectivity index (χ2n) is 7.11. The smallest absolute Gasteiger partial charge is 0.272 e. The van der Waals surface area contributed by atoms with Crippen LogP contribution in [0.1, 0.15) is 30.0 Å². The van der Waals surface area contributed by atoms with Gasteiger partial charge < -0.3 is 9.64 Å². The van der Waals surface area contributed by atoms with Gasteiger partial charge in [-0.25, -0.2) is 4.98 Å². The molecule has 3 fully saturated rings. The molecule has 3 aliphatic heterocycles. The zero-order valence-electron chi connectivity index (χ0n) is 13.2. The molecule has 2 atom stereocenters.